The van der Waals surface area contributed by atoms with E-state index in [1.165, 1.54) is 9.58 Å². The van der Waals surface area contributed by atoms with Crippen molar-refractivity contribution in [2.75, 3.05) is 11.9 Å². The maximum Gasteiger partial charge on any atom is 0.291 e. The Bertz CT molecular complexity index is 1240. The van der Waals surface area contributed by atoms with Gasteiger partial charge in [-0.05, 0) is 31.2 Å². The van der Waals surface area contributed by atoms with Crippen LogP contribution in [0, 0.1) is 6.92 Å². The molecule has 0 radical (unpaired) electrons. The zero-order valence-electron chi connectivity index (χ0n) is 14.9. The average Bonchev–Trinajstić information content (AvgIpc) is 3.02. The van der Waals surface area contributed by atoms with Gasteiger partial charge in [0.05, 0.1) is 16.9 Å². The minimum absolute atomic E-state index is 0.176. The van der Waals surface area contributed by atoms with Crippen LogP contribution in [0.5, 0.6) is 0 Å². The lowest BCUT2D eigenvalue weighted by molar-refractivity contribution is -0.119. The number of carbonyl (C=O) groups excluding carboxylic acids is 1. The SMILES string of the molecule is Cc1ccc2[nH]c3c(=O)n(CC(=O)N(C)c4ccccc4Cl)ncc3c2c1. The number of hydrogen-bond donors (Lipinski definition) is 1. The molecule has 27 heavy (non-hydrogen) atoms. The van der Waals surface area contributed by atoms with Crippen LogP contribution in [0.1, 0.15) is 5.56 Å². The molecule has 0 aliphatic heterocycles. The van der Waals surface area contributed by atoms with E-state index < -0.39 is 0 Å². The molecule has 0 saturated carbocycles. The zero-order valence-corrected chi connectivity index (χ0v) is 15.6. The summed E-state index contributed by atoms with van der Waals surface area (Å²) in [5.74, 6) is -0.288. The van der Waals surface area contributed by atoms with E-state index in [1.54, 1.807) is 37.5 Å². The van der Waals surface area contributed by atoms with Crippen LogP contribution in [0.2, 0.25) is 5.02 Å². The molecular weight excluding hydrogens is 364 g/mol. The summed E-state index contributed by atoms with van der Waals surface area (Å²) in [5, 5.41) is 6.37. The third kappa shape index (κ3) is 2.98. The fraction of sp³-hybridized carbons (Fsp3) is 0.150. The Morgan fingerprint density at radius 2 is 2.00 bits per heavy atom. The summed E-state index contributed by atoms with van der Waals surface area (Å²) < 4.78 is 1.17. The molecule has 136 valence electrons. The third-order valence-corrected chi connectivity index (χ3v) is 4.96. The van der Waals surface area contributed by atoms with Crippen molar-refractivity contribution in [2.45, 2.75) is 13.5 Å². The lowest BCUT2D eigenvalue weighted by Crippen LogP contribution is -2.35. The van der Waals surface area contributed by atoms with Gasteiger partial charge >= 0.3 is 0 Å². The van der Waals surface area contributed by atoms with Crippen molar-refractivity contribution < 1.29 is 4.79 Å². The zero-order chi connectivity index (χ0) is 19.1. The highest BCUT2D eigenvalue weighted by Gasteiger charge is 2.17. The topological polar surface area (TPSA) is 71.0 Å². The van der Waals surface area contributed by atoms with E-state index in [4.69, 9.17) is 11.6 Å². The highest BCUT2D eigenvalue weighted by Crippen LogP contribution is 2.25. The second-order valence-electron chi connectivity index (χ2n) is 6.47. The molecule has 0 bridgehead atoms. The van der Waals surface area contributed by atoms with E-state index in [1.807, 2.05) is 25.1 Å². The van der Waals surface area contributed by atoms with Crippen molar-refractivity contribution in [3.63, 3.8) is 0 Å². The molecule has 0 atom stereocenters. The number of aromatic nitrogens is 3. The summed E-state index contributed by atoms with van der Waals surface area (Å²) in [6.07, 6.45) is 1.62. The first-order valence-corrected chi connectivity index (χ1v) is 8.83. The Balaban J connectivity index is 1.71. The lowest BCUT2D eigenvalue weighted by Gasteiger charge is -2.18. The first-order chi connectivity index (χ1) is 13.0. The molecule has 2 aromatic carbocycles. The van der Waals surface area contributed by atoms with Crippen LogP contribution < -0.4 is 10.5 Å². The maximum absolute atomic E-state index is 12.8. The molecule has 0 spiro atoms. The van der Waals surface area contributed by atoms with Crippen LogP contribution >= 0.6 is 11.6 Å². The Morgan fingerprint density at radius 1 is 1.22 bits per heavy atom. The number of nitrogens with one attached hydrogen (secondary N) is 1. The number of benzene rings is 2. The number of H-pyrrole nitrogens is 1. The van der Waals surface area contributed by atoms with Crippen molar-refractivity contribution in [1.82, 2.24) is 14.8 Å². The van der Waals surface area contributed by atoms with Crippen LogP contribution in [0.15, 0.2) is 53.5 Å². The predicted molar refractivity (Wildman–Crippen MR) is 107 cm³/mol. The summed E-state index contributed by atoms with van der Waals surface area (Å²) in [5.41, 5.74) is 2.66. The lowest BCUT2D eigenvalue weighted by atomic mass is 10.1. The largest absolute Gasteiger partial charge is 0.350 e. The maximum atomic E-state index is 12.8. The van der Waals surface area contributed by atoms with E-state index in [0.29, 0.717) is 16.2 Å². The molecule has 1 N–H and O–H groups in total. The number of likely N-dealkylation sites (N-methyl/N-ethyl adjacent to an activating group) is 1. The number of carbonyl (C=O) groups is 1. The van der Waals surface area contributed by atoms with Crippen LogP contribution in [-0.2, 0) is 11.3 Å². The molecule has 0 saturated heterocycles. The number of halogens is 1. The smallest absolute Gasteiger partial charge is 0.291 e. The van der Waals surface area contributed by atoms with Crippen molar-refractivity contribution >= 4 is 45.0 Å². The molecule has 0 aliphatic carbocycles. The van der Waals surface area contributed by atoms with Gasteiger partial charge in [0.15, 0.2) is 0 Å². The van der Waals surface area contributed by atoms with Gasteiger partial charge in [0, 0.05) is 23.3 Å². The van der Waals surface area contributed by atoms with Crippen molar-refractivity contribution in [2.24, 2.45) is 0 Å². The van der Waals surface area contributed by atoms with Crippen LogP contribution in [0.3, 0.4) is 0 Å². The third-order valence-electron chi connectivity index (χ3n) is 4.64. The number of fused-ring (bicyclic) bond motifs is 3. The van der Waals surface area contributed by atoms with E-state index in [-0.39, 0.29) is 18.0 Å². The van der Waals surface area contributed by atoms with Crippen LogP contribution in [-0.4, -0.2) is 27.7 Å². The van der Waals surface area contributed by atoms with Gasteiger partial charge in [-0.1, -0.05) is 35.4 Å². The first kappa shape index (κ1) is 17.3. The Hall–Kier alpha value is -3.12. The fourth-order valence-electron chi connectivity index (χ4n) is 3.14. The first-order valence-electron chi connectivity index (χ1n) is 8.45. The monoisotopic (exact) mass is 380 g/mol. The van der Waals surface area contributed by atoms with Crippen molar-refractivity contribution in [1.29, 1.82) is 0 Å². The van der Waals surface area contributed by atoms with Gasteiger partial charge in [-0.25, -0.2) is 4.68 Å². The summed E-state index contributed by atoms with van der Waals surface area (Å²) in [6.45, 7) is 1.82. The van der Waals surface area contributed by atoms with Gasteiger partial charge in [-0.2, -0.15) is 5.10 Å². The number of anilines is 1. The molecule has 0 aliphatic rings. The van der Waals surface area contributed by atoms with Crippen LogP contribution in [0.25, 0.3) is 21.8 Å². The Kier molecular flexibility index (Phi) is 4.20. The molecule has 2 aromatic heterocycles. The molecule has 2 heterocycles. The number of aryl methyl sites for hydroxylation is 1. The molecule has 7 heteroatoms. The number of amides is 1. The number of nitrogens with zero attached hydrogens (tertiary/aromatic N) is 3. The van der Waals surface area contributed by atoms with Gasteiger partial charge in [0.1, 0.15) is 12.1 Å². The highest BCUT2D eigenvalue weighted by molar-refractivity contribution is 6.33. The molecule has 4 rings (SSSR count). The summed E-state index contributed by atoms with van der Waals surface area (Å²) in [7, 11) is 1.62. The second kappa shape index (κ2) is 6.55. The van der Waals surface area contributed by atoms with E-state index in [0.717, 1.165) is 21.9 Å². The summed E-state index contributed by atoms with van der Waals surface area (Å²) in [4.78, 5) is 30.0. The molecular formula is C20H17ClN4O2. The second-order valence-corrected chi connectivity index (χ2v) is 6.88. The molecule has 0 fully saturated rings. The highest BCUT2D eigenvalue weighted by atomic mass is 35.5. The number of hydrogen-bond acceptors (Lipinski definition) is 3. The van der Waals surface area contributed by atoms with Gasteiger partial charge in [0.25, 0.3) is 5.56 Å². The number of rotatable bonds is 3. The average molecular weight is 381 g/mol. The molecule has 0 unspecified atom stereocenters. The van der Waals surface area contributed by atoms with Gasteiger partial charge < -0.3 is 9.88 Å². The van der Waals surface area contributed by atoms with Crippen molar-refractivity contribution in [3.8, 4) is 0 Å². The van der Waals surface area contributed by atoms with Gasteiger partial charge in [-0.15, -0.1) is 0 Å². The fourth-order valence-corrected chi connectivity index (χ4v) is 3.41. The van der Waals surface area contributed by atoms with Gasteiger partial charge in [0.2, 0.25) is 5.91 Å². The Morgan fingerprint density at radius 3 is 2.78 bits per heavy atom. The summed E-state index contributed by atoms with van der Waals surface area (Å²) >= 11 is 6.15. The minimum atomic E-state index is -0.331. The Labute approximate surface area is 160 Å². The number of para-hydroxylation sites is 1. The molecule has 6 nitrogen and oxygen atoms in total. The quantitative estimate of drug-likeness (QED) is 0.591. The summed E-state index contributed by atoms with van der Waals surface area (Å²) in [6, 6.07) is 13.0. The minimum Gasteiger partial charge on any atom is -0.350 e. The standard InChI is InChI=1S/C20H17ClN4O2/c1-12-7-8-16-13(9-12)14-10-22-25(20(27)19(14)23-16)11-18(26)24(2)17-6-4-3-5-15(17)21/h3-10,23H,11H2,1-2H3. The van der Waals surface area contributed by atoms with Crippen molar-refractivity contribution in [3.05, 3.63) is 69.6 Å². The van der Waals surface area contributed by atoms with E-state index >= 15 is 0 Å². The van der Waals surface area contributed by atoms with E-state index in [9.17, 15) is 9.59 Å². The molecule has 4 aromatic rings. The molecule has 1 amide bonds. The van der Waals surface area contributed by atoms with E-state index in [2.05, 4.69) is 10.1 Å². The number of aromatic amines is 1. The van der Waals surface area contributed by atoms with Crippen LogP contribution in [0.4, 0.5) is 5.69 Å². The normalized spacial score (nSPS) is 11.2. The predicted octanol–water partition coefficient (Wildman–Crippen LogP) is 3.50. The van der Waals surface area contributed by atoms with Gasteiger partial charge in [-0.3, -0.25) is 9.59 Å².